The van der Waals surface area contributed by atoms with Crippen molar-refractivity contribution in [3.05, 3.63) is 33.8 Å². The van der Waals surface area contributed by atoms with Gasteiger partial charge in [0.15, 0.2) is 0 Å². The SMILES string of the molecule is Cc1ccc(C(=O)N=C=O)c(Br)c1. The number of amides is 1. The molecule has 0 aromatic heterocycles. The van der Waals surface area contributed by atoms with E-state index in [0.717, 1.165) is 5.56 Å². The van der Waals surface area contributed by atoms with Gasteiger partial charge in [0, 0.05) is 4.47 Å². The lowest BCUT2D eigenvalue weighted by Gasteiger charge is -1.99. The monoisotopic (exact) mass is 239 g/mol. The van der Waals surface area contributed by atoms with Gasteiger partial charge in [0.2, 0.25) is 6.08 Å². The highest BCUT2D eigenvalue weighted by atomic mass is 79.9. The third-order valence-electron chi connectivity index (χ3n) is 1.50. The van der Waals surface area contributed by atoms with Crippen molar-refractivity contribution in [2.24, 2.45) is 4.99 Å². The molecule has 1 aromatic carbocycles. The Morgan fingerprint density at radius 3 is 2.77 bits per heavy atom. The predicted molar refractivity (Wildman–Crippen MR) is 51.3 cm³/mol. The van der Waals surface area contributed by atoms with Crippen LogP contribution in [0.2, 0.25) is 0 Å². The highest BCUT2D eigenvalue weighted by Gasteiger charge is 2.07. The van der Waals surface area contributed by atoms with Crippen molar-refractivity contribution in [3.63, 3.8) is 0 Å². The number of hydrogen-bond acceptors (Lipinski definition) is 2. The lowest BCUT2D eigenvalue weighted by atomic mass is 10.1. The minimum atomic E-state index is -0.582. The molecular weight excluding hydrogens is 234 g/mol. The number of rotatable bonds is 1. The standard InChI is InChI=1S/C9H6BrNO2/c1-6-2-3-7(8(10)4-6)9(13)11-5-12/h2-4H,1H3. The molecule has 3 nitrogen and oxygen atoms in total. The summed E-state index contributed by atoms with van der Waals surface area (Å²) in [6.07, 6.45) is 1.21. The van der Waals surface area contributed by atoms with Crippen LogP contribution in [0.3, 0.4) is 0 Å². The summed E-state index contributed by atoms with van der Waals surface area (Å²) in [5.41, 5.74) is 1.40. The fourth-order valence-corrected chi connectivity index (χ4v) is 1.56. The lowest BCUT2D eigenvalue weighted by molar-refractivity contribution is 0.100. The van der Waals surface area contributed by atoms with Crippen molar-refractivity contribution in [1.82, 2.24) is 0 Å². The van der Waals surface area contributed by atoms with Crippen molar-refractivity contribution >= 4 is 27.9 Å². The first-order valence-corrected chi connectivity index (χ1v) is 4.33. The first kappa shape index (κ1) is 9.84. The van der Waals surface area contributed by atoms with Crippen molar-refractivity contribution in [3.8, 4) is 0 Å². The number of hydrogen-bond donors (Lipinski definition) is 0. The predicted octanol–water partition coefficient (Wildman–Crippen LogP) is 2.23. The average Bonchev–Trinajstić information content (AvgIpc) is 2.04. The first-order valence-electron chi connectivity index (χ1n) is 3.53. The maximum Gasteiger partial charge on any atom is 0.288 e. The zero-order chi connectivity index (χ0) is 9.84. The Morgan fingerprint density at radius 1 is 1.54 bits per heavy atom. The van der Waals surface area contributed by atoms with E-state index in [-0.39, 0.29) is 0 Å². The molecule has 0 atom stereocenters. The van der Waals surface area contributed by atoms with Gasteiger partial charge in [0.05, 0.1) is 5.56 Å². The van der Waals surface area contributed by atoms with E-state index >= 15 is 0 Å². The molecule has 0 spiro atoms. The van der Waals surface area contributed by atoms with Gasteiger partial charge in [-0.25, -0.2) is 4.79 Å². The molecule has 0 aliphatic heterocycles. The summed E-state index contributed by atoms with van der Waals surface area (Å²) in [6.45, 7) is 1.90. The van der Waals surface area contributed by atoms with Crippen LogP contribution < -0.4 is 0 Å². The second-order valence-corrected chi connectivity index (χ2v) is 3.35. The molecule has 13 heavy (non-hydrogen) atoms. The van der Waals surface area contributed by atoms with Crippen molar-refractivity contribution in [2.75, 3.05) is 0 Å². The topological polar surface area (TPSA) is 46.5 Å². The minimum Gasteiger partial charge on any atom is -0.266 e. The quantitative estimate of drug-likeness (QED) is 0.558. The first-order chi connectivity index (χ1) is 6.15. The fraction of sp³-hybridized carbons (Fsp3) is 0.111. The van der Waals surface area contributed by atoms with Gasteiger partial charge in [-0.05, 0) is 40.5 Å². The van der Waals surface area contributed by atoms with E-state index in [0.29, 0.717) is 10.0 Å². The largest absolute Gasteiger partial charge is 0.288 e. The molecule has 0 unspecified atom stereocenters. The maximum absolute atomic E-state index is 11.1. The van der Waals surface area contributed by atoms with Gasteiger partial charge in [-0.3, -0.25) is 4.79 Å². The normalized spacial score (nSPS) is 9.08. The zero-order valence-electron chi connectivity index (χ0n) is 6.87. The van der Waals surface area contributed by atoms with Gasteiger partial charge in [-0.2, -0.15) is 0 Å². The number of aryl methyl sites for hydroxylation is 1. The summed E-state index contributed by atoms with van der Waals surface area (Å²) in [7, 11) is 0. The van der Waals surface area contributed by atoms with Gasteiger partial charge < -0.3 is 0 Å². The molecule has 4 heteroatoms. The Balaban J connectivity index is 3.16. The van der Waals surface area contributed by atoms with Crippen LogP contribution in [-0.2, 0) is 4.79 Å². The van der Waals surface area contributed by atoms with E-state index in [1.165, 1.54) is 6.08 Å². The zero-order valence-corrected chi connectivity index (χ0v) is 8.46. The molecule has 0 N–H and O–H groups in total. The Bertz CT molecular complexity index is 395. The summed E-state index contributed by atoms with van der Waals surface area (Å²) in [6, 6.07) is 5.18. The molecular formula is C9H6BrNO2. The van der Waals surface area contributed by atoms with E-state index in [1.54, 1.807) is 18.2 Å². The van der Waals surface area contributed by atoms with E-state index in [4.69, 9.17) is 0 Å². The van der Waals surface area contributed by atoms with Crippen LogP contribution in [0.5, 0.6) is 0 Å². The number of carbonyl (C=O) groups excluding carboxylic acids is 2. The summed E-state index contributed by atoms with van der Waals surface area (Å²) >= 11 is 3.21. The summed E-state index contributed by atoms with van der Waals surface area (Å²) in [5.74, 6) is -0.582. The molecule has 1 rings (SSSR count). The van der Waals surface area contributed by atoms with Gasteiger partial charge in [0.25, 0.3) is 5.91 Å². The number of halogens is 1. The number of isocyanates is 1. The number of aliphatic imine (C=N–C) groups is 1. The Morgan fingerprint density at radius 2 is 2.23 bits per heavy atom. The lowest BCUT2D eigenvalue weighted by Crippen LogP contribution is -1.95. The second-order valence-electron chi connectivity index (χ2n) is 2.49. The van der Waals surface area contributed by atoms with E-state index in [1.807, 2.05) is 6.92 Å². The average molecular weight is 240 g/mol. The minimum absolute atomic E-state index is 0.369. The second kappa shape index (κ2) is 4.12. The summed E-state index contributed by atoms with van der Waals surface area (Å²) in [5, 5.41) is 0. The summed E-state index contributed by atoms with van der Waals surface area (Å²) in [4.78, 5) is 24.0. The van der Waals surface area contributed by atoms with Gasteiger partial charge >= 0.3 is 0 Å². The maximum atomic E-state index is 11.1. The van der Waals surface area contributed by atoms with Crippen LogP contribution in [0.1, 0.15) is 15.9 Å². The number of nitrogens with zero attached hydrogens (tertiary/aromatic N) is 1. The molecule has 0 aliphatic carbocycles. The van der Waals surface area contributed by atoms with Crippen LogP contribution in [0, 0.1) is 6.92 Å². The molecule has 0 aliphatic rings. The van der Waals surface area contributed by atoms with E-state index in [2.05, 4.69) is 20.9 Å². The molecule has 0 fully saturated rings. The van der Waals surface area contributed by atoms with Gasteiger partial charge in [-0.15, -0.1) is 4.99 Å². The fourth-order valence-electron chi connectivity index (χ4n) is 0.895. The van der Waals surface area contributed by atoms with Crippen molar-refractivity contribution in [2.45, 2.75) is 6.92 Å². The molecule has 0 radical (unpaired) electrons. The summed E-state index contributed by atoms with van der Waals surface area (Å²) < 4.78 is 0.636. The smallest absolute Gasteiger partial charge is 0.266 e. The van der Waals surface area contributed by atoms with Crippen molar-refractivity contribution in [1.29, 1.82) is 0 Å². The molecule has 1 aromatic rings. The Kier molecular flexibility index (Phi) is 3.12. The highest BCUT2D eigenvalue weighted by Crippen LogP contribution is 2.18. The number of carbonyl (C=O) groups is 1. The molecule has 0 saturated heterocycles. The van der Waals surface area contributed by atoms with Crippen LogP contribution >= 0.6 is 15.9 Å². The molecule has 66 valence electrons. The van der Waals surface area contributed by atoms with Crippen LogP contribution in [0.25, 0.3) is 0 Å². The van der Waals surface area contributed by atoms with Gasteiger partial charge in [-0.1, -0.05) is 6.07 Å². The van der Waals surface area contributed by atoms with E-state index in [9.17, 15) is 9.59 Å². The van der Waals surface area contributed by atoms with Gasteiger partial charge in [0.1, 0.15) is 0 Å². The number of benzene rings is 1. The van der Waals surface area contributed by atoms with Crippen molar-refractivity contribution < 1.29 is 9.59 Å². The Hall–Kier alpha value is -1.25. The van der Waals surface area contributed by atoms with Crippen LogP contribution in [0.4, 0.5) is 0 Å². The molecule has 0 heterocycles. The van der Waals surface area contributed by atoms with E-state index < -0.39 is 5.91 Å². The molecule has 0 bridgehead atoms. The third kappa shape index (κ3) is 2.34. The van der Waals surface area contributed by atoms with Crippen LogP contribution in [-0.4, -0.2) is 12.0 Å². The molecule has 0 saturated carbocycles. The Labute approximate surface area is 83.6 Å². The van der Waals surface area contributed by atoms with Crippen LogP contribution in [0.15, 0.2) is 27.7 Å². The third-order valence-corrected chi connectivity index (χ3v) is 2.16. The molecule has 1 amide bonds. The highest BCUT2D eigenvalue weighted by molar-refractivity contribution is 9.10.